The van der Waals surface area contributed by atoms with Crippen molar-refractivity contribution in [1.29, 1.82) is 0 Å². The number of amides is 1. The second kappa shape index (κ2) is 9.71. The van der Waals surface area contributed by atoms with Crippen LogP contribution in [-0.2, 0) is 25.3 Å². The summed E-state index contributed by atoms with van der Waals surface area (Å²) in [6, 6.07) is 4.36. The van der Waals surface area contributed by atoms with Crippen LogP contribution in [0.4, 0.5) is 18.9 Å². The Morgan fingerprint density at radius 2 is 2.03 bits per heavy atom. The van der Waals surface area contributed by atoms with Crippen molar-refractivity contribution < 1.29 is 37.1 Å². The minimum Gasteiger partial charge on any atom is -0.494 e. The zero-order chi connectivity index (χ0) is 27.1. The first-order valence-corrected chi connectivity index (χ1v) is 11.7. The third-order valence-corrected chi connectivity index (χ3v) is 6.47. The SMILES string of the molecule is CCOC(=O)C1(C)CCCN1C(=O)C1=C([C@H](C)N)ONN1c1ccc(OC)c2nc(C(F)(F)F)ccc12. The maximum absolute atomic E-state index is 14.0. The first-order valence-electron chi connectivity index (χ1n) is 11.7. The molecular formula is C24H28F3N5O5. The summed E-state index contributed by atoms with van der Waals surface area (Å²) in [6.07, 6.45) is -3.69. The molecule has 1 amide bonds. The summed E-state index contributed by atoms with van der Waals surface area (Å²) >= 11 is 0. The van der Waals surface area contributed by atoms with Crippen LogP contribution in [0, 0.1) is 0 Å². The van der Waals surface area contributed by atoms with Gasteiger partial charge in [-0.2, -0.15) is 13.2 Å². The molecule has 1 saturated heterocycles. The highest BCUT2D eigenvalue weighted by molar-refractivity contribution is 6.04. The third kappa shape index (κ3) is 4.53. The van der Waals surface area contributed by atoms with Crippen molar-refractivity contribution in [2.75, 3.05) is 25.3 Å². The van der Waals surface area contributed by atoms with Gasteiger partial charge in [0.1, 0.15) is 22.5 Å². The highest BCUT2D eigenvalue weighted by atomic mass is 19.4. The summed E-state index contributed by atoms with van der Waals surface area (Å²) in [6.45, 7) is 5.39. The van der Waals surface area contributed by atoms with Gasteiger partial charge in [0.2, 0.25) is 0 Å². The molecule has 2 aromatic rings. The molecule has 200 valence electrons. The van der Waals surface area contributed by atoms with E-state index in [9.17, 15) is 22.8 Å². The number of aromatic nitrogens is 1. The van der Waals surface area contributed by atoms with Crippen LogP contribution in [0.3, 0.4) is 0 Å². The molecule has 1 fully saturated rings. The van der Waals surface area contributed by atoms with Crippen molar-refractivity contribution in [1.82, 2.24) is 15.5 Å². The number of esters is 1. The van der Waals surface area contributed by atoms with Gasteiger partial charge in [-0.25, -0.2) is 14.8 Å². The van der Waals surface area contributed by atoms with Crippen molar-refractivity contribution in [3.05, 3.63) is 41.4 Å². The van der Waals surface area contributed by atoms with Crippen molar-refractivity contribution in [3.63, 3.8) is 0 Å². The molecule has 0 aliphatic carbocycles. The number of methoxy groups -OCH3 is 1. The maximum atomic E-state index is 14.0. The van der Waals surface area contributed by atoms with Gasteiger partial charge in [0, 0.05) is 11.9 Å². The van der Waals surface area contributed by atoms with Crippen LogP contribution < -0.4 is 21.1 Å². The Hall–Kier alpha value is -3.58. The number of hydrazine groups is 1. The molecule has 3 heterocycles. The second-order valence-corrected chi connectivity index (χ2v) is 8.96. The van der Waals surface area contributed by atoms with E-state index >= 15 is 0 Å². The number of pyridine rings is 1. The Labute approximate surface area is 211 Å². The van der Waals surface area contributed by atoms with E-state index < -0.39 is 35.3 Å². The van der Waals surface area contributed by atoms with Gasteiger partial charge >= 0.3 is 12.1 Å². The summed E-state index contributed by atoms with van der Waals surface area (Å²) in [5.74, 6) is -0.856. The van der Waals surface area contributed by atoms with Crippen molar-refractivity contribution >= 4 is 28.5 Å². The lowest BCUT2D eigenvalue weighted by atomic mass is 9.98. The molecule has 37 heavy (non-hydrogen) atoms. The molecule has 0 spiro atoms. The molecule has 13 heteroatoms. The number of ether oxygens (including phenoxy) is 2. The topological polar surface area (TPSA) is 119 Å². The number of hydrogen-bond donors (Lipinski definition) is 2. The average Bonchev–Trinajstić information content (AvgIpc) is 3.47. The van der Waals surface area contributed by atoms with E-state index in [-0.39, 0.29) is 46.9 Å². The van der Waals surface area contributed by atoms with E-state index in [1.54, 1.807) is 26.8 Å². The molecule has 10 nitrogen and oxygen atoms in total. The minimum atomic E-state index is -4.67. The quantitative estimate of drug-likeness (QED) is 0.551. The number of rotatable bonds is 6. The third-order valence-electron chi connectivity index (χ3n) is 6.47. The van der Waals surface area contributed by atoms with Gasteiger partial charge in [0.05, 0.1) is 25.4 Å². The van der Waals surface area contributed by atoms with Gasteiger partial charge in [-0.3, -0.25) is 4.79 Å². The number of likely N-dealkylation sites (tertiary alicyclic amines) is 1. The van der Waals surface area contributed by atoms with E-state index in [1.165, 1.54) is 29.2 Å². The fraction of sp³-hybridized carbons (Fsp3) is 0.458. The molecule has 1 aromatic heterocycles. The van der Waals surface area contributed by atoms with E-state index in [1.807, 2.05) is 0 Å². The summed E-state index contributed by atoms with van der Waals surface area (Å²) in [5.41, 5.74) is 6.65. The van der Waals surface area contributed by atoms with Crippen molar-refractivity contribution in [2.24, 2.45) is 5.73 Å². The lowest BCUT2D eigenvalue weighted by molar-refractivity contribution is -0.159. The lowest BCUT2D eigenvalue weighted by Gasteiger charge is -2.34. The van der Waals surface area contributed by atoms with Crippen LogP contribution in [0.15, 0.2) is 35.7 Å². The van der Waals surface area contributed by atoms with Gasteiger partial charge in [-0.1, -0.05) is 5.59 Å². The summed E-state index contributed by atoms with van der Waals surface area (Å²) in [7, 11) is 1.32. The van der Waals surface area contributed by atoms with Crippen LogP contribution in [0.25, 0.3) is 10.9 Å². The van der Waals surface area contributed by atoms with Crippen LogP contribution in [0.5, 0.6) is 5.75 Å². The van der Waals surface area contributed by atoms with E-state index in [4.69, 9.17) is 20.0 Å². The fourth-order valence-corrected chi connectivity index (χ4v) is 4.59. The van der Waals surface area contributed by atoms with Gasteiger partial charge < -0.3 is 24.9 Å². The molecule has 2 atom stereocenters. The smallest absolute Gasteiger partial charge is 0.433 e. The number of carbonyl (C=O) groups excluding carboxylic acids is 2. The number of fused-ring (bicyclic) bond motifs is 1. The average molecular weight is 524 g/mol. The first kappa shape index (κ1) is 26.5. The predicted molar refractivity (Wildman–Crippen MR) is 127 cm³/mol. The summed E-state index contributed by atoms with van der Waals surface area (Å²) < 4.78 is 50.6. The molecule has 2 aliphatic heterocycles. The molecule has 2 aliphatic rings. The van der Waals surface area contributed by atoms with Gasteiger partial charge in [0.25, 0.3) is 5.91 Å². The Morgan fingerprint density at radius 1 is 1.30 bits per heavy atom. The van der Waals surface area contributed by atoms with Crippen molar-refractivity contribution in [3.8, 4) is 5.75 Å². The van der Waals surface area contributed by atoms with Crippen LogP contribution >= 0.6 is 0 Å². The zero-order valence-corrected chi connectivity index (χ0v) is 20.8. The molecule has 1 aromatic carbocycles. The number of nitrogens with zero attached hydrogens (tertiary/aromatic N) is 3. The maximum Gasteiger partial charge on any atom is 0.433 e. The predicted octanol–water partition coefficient (Wildman–Crippen LogP) is 3.02. The Morgan fingerprint density at radius 3 is 2.65 bits per heavy atom. The normalized spacial score (nSPS) is 20.9. The summed E-state index contributed by atoms with van der Waals surface area (Å²) in [5, 5.41) is 1.55. The number of alkyl halides is 3. The number of halogens is 3. The highest BCUT2D eigenvalue weighted by Gasteiger charge is 2.50. The number of nitrogens with one attached hydrogen (secondary N) is 1. The number of hydrogen-bond acceptors (Lipinski definition) is 9. The van der Waals surface area contributed by atoms with E-state index in [0.717, 1.165) is 6.07 Å². The Balaban J connectivity index is 1.84. The van der Waals surface area contributed by atoms with Crippen LogP contribution in [-0.4, -0.2) is 53.6 Å². The minimum absolute atomic E-state index is 0.00112. The second-order valence-electron chi connectivity index (χ2n) is 8.96. The van der Waals surface area contributed by atoms with E-state index in [2.05, 4.69) is 10.6 Å². The van der Waals surface area contributed by atoms with Crippen molar-refractivity contribution in [2.45, 2.75) is 51.4 Å². The molecular weight excluding hydrogens is 495 g/mol. The number of anilines is 1. The Kier molecular flexibility index (Phi) is 6.95. The molecule has 0 bridgehead atoms. The molecule has 4 rings (SSSR count). The molecule has 0 saturated carbocycles. The molecule has 1 unspecified atom stereocenters. The van der Waals surface area contributed by atoms with E-state index in [0.29, 0.717) is 12.8 Å². The number of benzene rings is 1. The molecule has 3 N–H and O–H groups in total. The van der Waals surface area contributed by atoms with Crippen LogP contribution in [0.2, 0.25) is 0 Å². The monoisotopic (exact) mass is 523 g/mol. The van der Waals surface area contributed by atoms with Crippen LogP contribution in [0.1, 0.15) is 39.3 Å². The van der Waals surface area contributed by atoms with Gasteiger partial charge in [-0.05, 0) is 57.9 Å². The highest BCUT2D eigenvalue weighted by Crippen LogP contribution is 2.40. The first-order chi connectivity index (χ1) is 17.4. The zero-order valence-electron chi connectivity index (χ0n) is 20.8. The summed E-state index contributed by atoms with van der Waals surface area (Å²) in [4.78, 5) is 37.5. The standard InChI is InChI=1S/C24H28F3N5O5/c1-5-36-22(34)23(3)11-6-12-31(23)21(33)19-20(13(2)28)37-30-32(19)15-8-9-16(35-4)18-14(15)7-10-17(29-18)24(25,26)27/h7-10,13,30H,5-6,11-12,28H2,1-4H3/t13-,23?/m0/s1. The Bertz CT molecular complexity index is 1270. The number of carbonyl (C=O) groups is 2. The molecule has 0 radical (unpaired) electrons. The van der Waals surface area contributed by atoms with Gasteiger partial charge in [0.15, 0.2) is 11.5 Å². The number of nitrogens with two attached hydrogens (primary N) is 1. The fourth-order valence-electron chi connectivity index (χ4n) is 4.59. The largest absolute Gasteiger partial charge is 0.494 e. The lowest BCUT2D eigenvalue weighted by Crippen LogP contribution is -2.53. The van der Waals surface area contributed by atoms with Gasteiger partial charge in [-0.15, -0.1) is 0 Å².